The second-order valence-corrected chi connectivity index (χ2v) is 2.99. The molecule has 0 bridgehead atoms. The molecule has 0 saturated heterocycles. The Labute approximate surface area is 196 Å². The number of rotatable bonds is 4. The van der Waals surface area contributed by atoms with Crippen molar-refractivity contribution < 1.29 is 24.2 Å². The van der Waals surface area contributed by atoms with E-state index in [1.807, 2.05) is 48.3 Å². The normalized spacial score (nSPS) is 7.96. The van der Waals surface area contributed by atoms with E-state index in [9.17, 15) is 9.59 Å². The zero-order chi connectivity index (χ0) is 22.4. The molecule has 27 heavy (non-hydrogen) atoms. The van der Waals surface area contributed by atoms with Crippen molar-refractivity contribution in [2.24, 2.45) is 9.49 Å². The van der Waals surface area contributed by atoms with Gasteiger partial charge in [0.15, 0.2) is 0 Å². The molecule has 0 aromatic heterocycles. The second-order valence-electron chi connectivity index (χ2n) is 2.47. The number of carbonyl (C=O) groups is 3. The first-order valence-corrected chi connectivity index (χ1v) is 14.6. The number of carboxylic acid groups (broad SMARTS) is 1. The highest BCUT2D eigenvalue weighted by Gasteiger charge is 2.07. The minimum Gasteiger partial charge on any atom is -0.480 e. The van der Waals surface area contributed by atoms with Gasteiger partial charge < -0.3 is 14.6 Å². The number of hydrogen-bond donors (Lipinski definition) is 1. The number of hydrogen-bond acceptors (Lipinski definition) is 6. The molecule has 0 aliphatic rings. The van der Waals surface area contributed by atoms with Crippen LogP contribution in [0.25, 0.3) is 0 Å². The topological polar surface area (TPSA) is 105 Å². The summed E-state index contributed by atoms with van der Waals surface area (Å²) >= 11 is 4.24. The molecule has 0 spiro atoms. The van der Waals surface area contributed by atoms with Crippen LogP contribution in [-0.2, 0) is 19.1 Å². The molecule has 170 valence electrons. The number of methoxy groups -OCH3 is 1. The third kappa shape index (κ3) is 76.0. The molecule has 0 amide bonds. The summed E-state index contributed by atoms with van der Waals surface area (Å²) in [6.07, 6.45) is 0. The summed E-state index contributed by atoms with van der Waals surface area (Å²) in [6, 6.07) is -1.05. The van der Waals surface area contributed by atoms with Gasteiger partial charge in [0, 0.05) is 37.2 Å². The van der Waals surface area contributed by atoms with Crippen molar-refractivity contribution in [3.63, 3.8) is 0 Å². The Kier molecular flexibility index (Phi) is 150. The highest BCUT2D eigenvalue weighted by Crippen LogP contribution is 1.93. The van der Waals surface area contributed by atoms with Crippen molar-refractivity contribution in [2.75, 3.05) is 7.11 Å². The molecule has 0 heterocycles. The van der Waals surface area contributed by atoms with Gasteiger partial charge in [-0.2, -0.15) is 0 Å². The van der Waals surface area contributed by atoms with Gasteiger partial charge >= 0.3 is 11.9 Å². The summed E-state index contributed by atoms with van der Waals surface area (Å²) in [5, 5.41) is 8.06. The molecule has 7 nitrogen and oxygen atoms in total. The van der Waals surface area contributed by atoms with Gasteiger partial charge in [-0.05, 0) is 31.9 Å². The van der Waals surface area contributed by atoms with Crippen LogP contribution in [0.4, 0.5) is 0 Å². The van der Waals surface area contributed by atoms with Crippen molar-refractivity contribution in [3.05, 3.63) is 0 Å². The smallest absolute Gasteiger partial charge is 0.330 e. The number of aliphatic carboxylic acids is 1. The number of ether oxygens (including phenoxy) is 1. The van der Waals surface area contributed by atoms with Gasteiger partial charge in [-0.15, -0.1) is 0 Å². The van der Waals surface area contributed by atoms with E-state index in [-0.39, 0.29) is 20.8 Å². The molecule has 11 heteroatoms. The average Bonchev–Trinajstić information content (AvgIpc) is 2.73. The minimum absolute atomic E-state index is 0. The van der Waals surface area contributed by atoms with Gasteiger partial charge in [0.05, 0.1) is 7.11 Å². The Hall–Kier alpha value is 0.270. The number of esters is 1. The Morgan fingerprint density at radius 3 is 1.15 bits per heavy atom. The van der Waals surface area contributed by atoms with Crippen LogP contribution in [0.5, 0.6) is 0 Å². The van der Waals surface area contributed by atoms with Crippen LogP contribution in [0.3, 0.4) is 0 Å². The van der Waals surface area contributed by atoms with Crippen molar-refractivity contribution in [1.29, 1.82) is 0 Å². The molecule has 2 atom stereocenters. The Balaban J connectivity index is -0.0000000223. The highest BCUT2D eigenvalue weighted by molar-refractivity contribution is 15.0. The monoisotopic (exact) mass is 658 g/mol. The summed E-state index contributed by atoms with van der Waals surface area (Å²) in [5.74, 6) is -1.25. The van der Waals surface area contributed by atoms with E-state index in [1.54, 1.807) is 6.92 Å². The summed E-state index contributed by atoms with van der Waals surface area (Å²) in [7, 11) is 6.86. The minimum atomic E-state index is -0.921. The fourth-order valence-electron chi connectivity index (χ4n) is 0.278. The number of nitrogens with zero attached hydrogens (tertiary/aromatic N) is 2. The summed E-state index contributed by atoms with van der Waals surface area (Å²) in [5.41, 5.74) is 0. The molecule has 0 aromatic carbocycles. The number of carbonyl (C=O) groups excluding carboxylic acids is 2. The lowest BCUT2D eigenvalue weighted by Crippen LogP contribution is -2.14. The summed E-state index contributed by atoms with van der Waals surface area (Å²) in [4.78, 5) is 28.2. The van der Waals surface area contributed by atoms with Crippen LogP contribution in [0.15, 0.2) is 9.49 Å². The lowest BCUT2D eigenvalue weighted by Gasteiger charge is -1.98. The molecule has 0 radical (unpaired) electrons. The molecule has 0 rings (SSSR count). The number of halogens is 2. The molecule has 0 aliphatic carbocycles. The molecule has 0 fully saturated rings. The standard InChI is InChI=1S/C4H8NO2P.C3H6NO2P.3C2H6.CH2O.2CH4.I2/c1-3(5-8)4(6)7-2;1-2(4-7)3(5)6;4*1-2;;;1-2/h3,8H,1-2H3;2,7H,1H3,(H,5,6);3*1-2H3;1H2;2*1H4;. The first-order valence-electron chi connectivity index (χ1n) is 7.37. The fraction of sp³-hybridized carbons (Fsp3) is 0.812. The van der Waals surface area contributed by atoms with Crippen molar-refractivity contribution in [1.82, 2.24) is 0 Å². The molecule has 0 aromatic rings. The Bertz CT molecular complexity index is 279. The second kappa shape index (κ2) is 71.9. The largest absolute Gasteiger partial charge is 0.480 e. The molecule has 0 saturated carbocycles. The van der Waals surface area contributed by atoms with Crippen molar-refractivity contribution in [2.45, 2.75) is 82.3 Å². The van der Waals surface area contributed by atoms with E-state index in [0.717, 1.165) is 0 Å². The van der Waals surface area contributed by atoms with E-state index >= 15 is 0 Å². The van der Waals surface area contributed by atoms with Gasteiger partial charge in [0.2, 0.25) is 0 Å². The van der Waals surface area contributed by atoms with E-state index in [4.69, 9.17) is 9.90 Å². The first-order chi connectivity index (χ1) is 11.9. The maximum absolute atomic E-state index is 10.4. The highest BCUT2D eigenvalue weighted by atomic mass is 128. The van der Waals surface area contributed by atoms with Crippen LogP contribution in [-0.4, -0.2) is 43.0 Å². The maximum Gasteiger partial charge on any atom is 0.330 e. The summed E-state index contributed by atoms with van der Waals surface area (Å²) in [6.45, 7) is 17.1. The van der Waals surface area contributed by atoms with Crippen LogP contribution in [0.1, 0.15) is 70.2 Å². The Morgan fingerprint density at radius 2 is 1.11 bits per heavy atom. The van der Waals surface area contributed by atoms with Gasteiger partial charge in [0.25, 0.3) is 0 Å². The van der Waals surface area contributed by atoms with Crippen LogP contribution in [0, 0.1) is 0 Å². The number of carboxylic acids is 1. The van der Waals surface area contributed by atoms with Gasteiger partial charge in [0.1, 0.15) is 18.9 Å². The van der Waals surface area contributed by atoms with Crippen molar-refractivity contribution in [3.8, 4) is 0 Å². The molecular weight excluding hydrogens is 616 g/mol. The zero-order valence-electron chi connectivity index (χ0n) is 16.6. The lowest BCUT2D eigenvalue weighted by molar-refractivity contribution is -0.141. The lowest BCUT2D eigenvalue weighted by atomic mass is 10.4. The quantitative estimate of drug-likeness (QED) is 0.190. The predicted octanol–water partition coefficient (Wildman–Crippen LogP) is 7.60. The van der Waals surface area contributed by atoms with Gasteiger partial charge in [-0.1, -0.05) is 56.4 Å². The molecule has 0 aliphatic heterocycles. The van der Waals surface area contributed by atoms with E-state index in [0.29, 0.717) is 0 Å². The summed E-state index contributed by atoms with van der Waals surface area (Å²) < 4.78 is 11.1. The van der Waals surface area contributed by atoms with E-state index < -0.39 is 18.1 Å². The zero-order valence-corrected chi connectivity index (χ0v) is 22.9. The van der Waals surface area contributed by atoms with Crippen molar-refractivity contribution >= 4 is 74.0 Å². The fourth-order valence-corrected chi connectivity index (χ4v) is 0.494. The van der Waals surface area contributed by atoms with E-state index in [2.05, 4.69) is 69.5 Å². The van der Waals surface area contributed by atoms with Gasteiger partial charge in [-0.3, -0.25) is 9.49 Å². The molecular formula is C16H42I2N2O5P2. The predicted molar refractivity (Wildman–Crippen MR) is 143 cm³/mol. The Morgan fingerprint density at radius 1 is 0.889 bits per heavy atom. The first kappa shape index (κ1) is 56.4. The van der Waals surface area contributed by atoms with Crippen LogP contribution in [0.2, 0.25) is 0 Å². The average molecular weight is 658 g/mol. The molecule has 2 unspecified atom stereocenters. The maximum atomic E-state index is 10.4. The van der Waals surface area contributed by atoms with E-state index in [1.165, 1.54) is 14.0 Å². The van der Waals surface area contributed by atoms with Crippen LogP contribution >= 0.6 is 55.3 Å². The SMILES string of the molecule is C.C.C=O.CC.CC.CC.CC(N=P)C(=O)O.COC(=O)C(C)N=P.II. The third-order valence-electron chi connectivity index (χ3n) is 1.29. The molecule has 1 N–H and O–H groups in total. The van der Waals surface area contributed by atoms with Gasteiger partial charge in [-0.25, -0.2) is 9.59 Å². The van der Waals surface area contributed by atoms with Crippen LogP contribution < -0.4 is 0 Å². The third-order valence-corrected chi connectivity index (χ3v) is 2.06.